The Hall–Kier alpha value is -2.14. The molecule has 0 saturated heterocycles. The molecule has 5 nitrogen and oxygen atoms in total. The molecule has 1 N–H and O–H groups in total. The number of hydrogen-bond acceptors (Lipinski definition) is 4. The monoisotopic (exact) mass is 288 g/mol. The zero-order valence-corrected chi connectivity index (χ0v) is 12.3. The second kappa shape index (κ2) is 7.04. The van der Waals surface area contributed by atoms with E-state index in [2.05, 4.69) is 5.10 Å². The van der Waals surface area contributed by atoms with Gasteiger partial charge in [0.2, 0.25) is 0 Å². The summed E-state index contributed by atoms with van der Waals surface area (Å²) in [6, 6.07) is 9.61. The minimum Gasteiger partial charge on any atom is -0.462 e. The maximum absolute atomic E-state index is 12.0. The summed E-state index contributed by atoms with van der Waals surface area (Å²) in [4.78, 5) is 12.0. The van der Waals surface area contributed by atoms with E-state index in [0.717, 1.165) is 11.4 Å². The standard InChI is InChI=1S/C16H20N2O3/c1-3-21-16(20)14-10-17-18(13-7-5-4-6-8-13)15(14)9-12(2)11-19/h4-8,10,12,19H,3,9,11H2,1-2H3. The molecule has 1 aromatic heterocycles. The van der Waals surface area contributed by atoms with E-state index in [1.807, 2.05) is 37.3 Å². The second-order valence-corrected chi connectivity index (χ2v) is 4.96. The fraction of sp³-hybridized carbons (Fsp3) is 0.375. The number of hydrogen-bond donors (Lipinski definition) is 1. The van der Waals surface area contributed by atoms with Crippen LogP contribution in [0.1, 0.15) is 29.9 Å². The smallest absolute Gasteiger partial charge is 0.341 e. The molecule has 0 spiro atoms. The van der Waals surface area contributed by atoms with E-state index >= 15 is 0 Å². The number of aliphatic hydroxyl groups excluding tert-OH is 1. The molecule has 1 unspecified atom stereocenters. The van der Waals surface area contributed by atoms with Crippen LogP contribution in [0.25, 0.3) is 5.69 Å². The third-order valence-corrected chi connectivity index (χ3v) is 3.22. The molecular weight excluding hydrogens is 268 g/mol. The minimum atomic E-state index is -0.375. The molecule has 0 aliphatic carbocycles. The zero-order valence-electron chi connectivity index (χ0n) is 12.3. The van der Waals surface area contributed by atoms with E-state index < -0.39 is 0 Å². The maximum Gasteiger partial charge on any atom is 0.341 e. The summed E-state index contributed by atoms with van der Waals surface area (Å²) in [7, 11) is 0. The number of benzene rings is 1. The summed E-state index contributed by atoms with van der Waals surface area (Å²) >= 11 is 0. The van der Waals surface area contributed by atoms with Gasteiger partial charge < -0.3 is 9.84 Å². The van der Waals surface area contributed by atoms with Crippen molar-refractivity contribution in [1.82, 2.24) is 9.78 Å². The Morgan fingerprint density at radius 1 is 1.38 bits per heavy atom. The highest BCUT2D eigenvalue weighted by molar-refractivity contribution is 5.90. The van der Waals surface area contributed by atoms with Gasteiger partial charge >= 0.3 is 5.97 Å². The van der Waals surface area contributed by atoms with Crippen molar-refractivity contribution < 1.29 is 14.6 Å². The largest absolute Gasteiger partial charge is 0.462 e. The van der Waals surface area contributed by atoms with Crippen LogP contribution >= 0.6 is 0 Å². The van der Waals surface area contributed by atoms with E-state index in [1.54, 1.807) is 11.6 Å². The Labute approximate surface area is 124 Å². The molecule has 21 heavy (non-hydrogen) atoms. The number of para-hydroxylation sites is 1. The lowest BCUT2D eigenvalue weighted by Gasteiger charge is -2.12. The molecule has 0 aliphatic rings. The topological polar surface area (TPSA) is 64.3 Å². The first-order valence-electron chi connectivity index (χ1n) is 7.07. The molecule has 5 heteroatoms. The molecule has 0 bridgehead atoms. The molecular formula is C16H20N2O3. The van der Waals surface area contributed by atoms with Crippen molar-refractivity contribution in [3.8, 4) is 5.69 Å². The second-order valence-electron chi connectivity index (χ2n) is 4.96. The van der Waals surface area contributed by atoms with Crippen LogP contribution in [-0.2, 0) is 11.2 Å². The van der Waals surface area contributed by atoms with Crippen LogP contribution in [0, 0.1) is 5.92 Å². The average molecular weight is 288 g/mol. The van der Waals surface area contributed by atoms with Crippen LogP contribution in [0.5, 0.6) is 0 Å². The Bertz CT molecular complexity index is 593. The van der Waals surface area contributed by atoms with E-state index in [1.165, 1.54) is 6.20 Å². The Kier molecular flexibility index (Phi) is 5.11. The van der Waals surface area contributed by atoms with Crippen LogP contribution in [-0.4, -0.2) is 34.1 Å². The Morgan fingerprint density at radius 2 is 2.10 bits per heavy atom. The van der Waals surface area contributed by atoms with Gasteiger partial charge in [-0.15, -0.1) is 0 Å². The number of carbonyl (C=O) groups is 1. The lowest BCUT2D eigenvalue weighted by Crippen LogP contribution is -2.14. The van der Waals surface area contributed by atoms with E-state index in [-0.39, 0.29) is 18.5 Å². The Balaban J connectivity index is 2.43. The fourth-order valence-electron chi connectivity index (χ4n) is 2.14. The van der Waals surface area contributed by atoms with Crippen molar-refractivity contribution in [2.75, 3.05) is 13.2 Å². The molecule has 2 rings (SSSR count). The third kappa shape index (κ3) is 3.49. The molecule has 0 saturated carbocycles. The van der Waals surface area contributed by atoms with Crippen molar-refractivity contribution >= 4 is 5.97 Å². The van der Waals surface area contributed by atoms with Gasteiger partial charge in [0.15, 0.2) is 0 Å². The van der Waals surface area contributed by atoms with Crippen LogP contribution in [0.3, 0.4) is 0 Å². The molecule has 1 atom stereocenters. The molecule has 0 aliphatic heterocycles. The van der Waals surface area contributed by atoms with Crippen LogP contribution in [0.15, 0.2) is 36.5 Å². The molecule has 112 valence electrons. The van der Waals surface area contributed by atoms with Crippen molar-refractivity contribution in [2.45, 2.75) is 20.3 Å². The van der Waals surface area contributed by atoms with E-state index in [9.17, 15) is 9.90 Å². The molecule has 0 amide bonds. The van der Waals surface area contributed by atoms with Gasteiger partial charge in [0, 0.05) is 6.61 Å². The predicted octanol–water partition coefficient (Wildman–Crippen LogP) is 2.22. The number of esters is 1. The fourth-order valence-corrected chi connectivity index (χ4v) is 2.14. The normalized spacial score (nSPS) is 12.1. The van der Waals surface area contributed by atoms with Gasteiger partial charge in [-0.3, -0.25) is 0 Å². The highest BCUT2D eigenvalue weighted by atomic mass is 16.5. The third-order valence-electron chi connectivity index (χ3n) is 3.22. The quantitative estimate of drug-likeness (QED) is 0.828. The molecule has 0 radical (unpaired) electrons. The number of carbonyl (C=O) groups excluding carboxylic acids is 1. The lowest BCUT2D eigenvalue weighted by molar-refractivity contribution is 0.0524. The number of aromatic nitrogens is 2. The van der Waals surface area contributed by atoms with Crippen LogP contribution < -0.4 is 0 Å². The van der Waals surface area contributed by atoms with Gasteiger partial charge in [0.05, 0.1) is 24.2 Å². The highest BCUT2D eigenvalue weighted by Gasteiger charge is 2.20. The van der Waals surface area contributed by atoms with Gasteiger partial charge in [-0.2, -0.15) is 5.10 Å². The minimum absolute atomic E-state index is 0.0392. The lowest BCUT2D eigenvalue weighted by atomic mass is 10.0. The number of nitrogens with zero attached hydrogens (tertiary/aromatic N) is 2. The maximum atomic E-state index is 12.0. The first-order valence-corrected chi connectivity index (χ1v) is 7.07. The summed E-state index contributed by atoms with van der Waals surface area (Å²) in [6.07, 6.45) is 2.09. The summed E-state index contributed by atoms with van der Waals surface area (Å²) in [5.41, 5.74) is 2.11. The molecule has 1 heterocycles. The SMILES string of the molecule is CCOC(=O)c1cnn(-c2ccccc2)c1CC(C)CO. The van der Waals surface area contributed by atoms with E-state index in [4.69, 9.17) is 4.74 Å². The van der Waals surface area contributed by atoms with Crippen LogP contribution in [0.2, 0.25) is 0 Å². The summed E-state index contributed by atoms with van der Waals surface area (Å²) in [5.74, 6) is -0.336. The summed E-state index contributed by atoms with van der Waals surface area (Å²) < 4.78 is 6.81. The van der Waals surface area contributed by atoms with Gasteiger partial charge in [0.25, 0.3) is 0 Å². The van der Waals surface area contributed by atoms with E-state index in [0.29, 0.717) is 18.6 Å². The van der Waals surface area contributed by atoms with Gasteiger partial charge in [0.1, 0.15) is 5.56 Å². The van der Waals surface area contributed by atoms with Gasteiger partial charge in [-0.05, 0) is 31.4 Å². The highest BCUT2D eigenvalue weighted by Crippen LogP contribution is 2.19. The molecule has 1 aromatic carbocycles. The predicted molar refractivity (Wildman–Crippen MR) is 79.5 cm³/mol. The van der Waals surface area contributed by atoms with Crippen molar-refractivity contribution in [3.63, 3.8) is 0 Å². The Morgan fingerprint density at radius 3 is 2.71 bits per heavy atom. The van der Waals surface area contributed by atoms with Crippen molar-refractivity contribution in [2.24, 2.45) is 5.92 Å². The first kappa shape index (κ1) is 15.3. The molecule has 2 aromatic rings. The zero-order chi connectivity index (χ0) is 15.2. The van der Waals surface area contributed by atoms with Gasteiger partial charge in [-0.1, -0.05) is 25.1 Å². The first-order chi connectivity index (χ1) is 10.2. The van der Waals surface area contributed by atoms with Crippen LogP contribution in [0.4, 0.5) is 0 Å². The van der Waals surface area contributed by atoms with Crippen molar-refractivity contribution in [1.29, 1.82) is 0 Å². The number of rotatable bonds is 6. The average Bonchev–Trinajstić information content (AvgIpc) is 2.92. The number of ether oxygens (including phenoxy) is 1. The summed E-state index contributed by atoms with van der Waals surface area (Å²) in [6.45, 7) is 4.08. The summed E-state index contributed by atoms with van der Waals surface area (Å²) in [5, 5.41) is 13.6. The number of aliphatic hydroxyl groups is 1. The van der Waals surface area contributed by atoms with Gasteiger partial charge in [-0.25, -0.2) is 9.48 Å². The molecule has 0 fully saturated rings. The van der Waals surface area contributed by atoms with Crippen molar-refractivity contribution in [3.05, 3.63) is 47.8 Å².